The second-order valence-corrected chi connectivity index (χ2v) is 6.91. The fraction of sp³-hybridized carbons (Fsp3) is 0.647. The highest BCUT2D eigenvalue weighted by Crippen LogP contribution is 2.31. The lowest BCUT2D eigenvalue weighted by molar-refractivity contribution is 0.132. The minimum absolute atomic E-state index is 0.141. The molecule has 21 heavy (non-hydrogen) atoms. The maximum Gasteiger partial charge on any atom is 0.127 e. The molecule has 116 valence electrons. The Labute approximate surface area is 131 Å². The van der Waals surface area contributed by atoms with Gasteiger partial charge in [-0.05, 0) is 56.8 Å². The summed E-state index contributed by atoms with van der Waals surface area (Å²) in [6.07, 6.45) is 6.08. The summed E-state index contributed by atoms with van der Waals surface area (Å²) in [5.41, 5.74) is 0.724. The number of nitrogens with one attached hydrogen (secondary N) is 1. The molecule has 2 aliphatic rings. The molecular weight excluding hydrogens is 287 g/mol. The summed E-state index contributed by atoms with van der Waals surface area (Å²) in [5.74, 6) is -0.141. The van der Waals surface area contributed by atoms with Crippen LogP contribution in [0.5, 0.6) is 0 Å². The molecule has 2 fully saturated rings. The Morgan fingerprint density at radius 3 is 2.67 bits per heavy atom. The van der Waals surface area contributed by atoms with E-state index >= 15 is 0 Å². The van der Waals surface area contributed by atoms with E-state index in [9.17, 15) is 4.39 Å². The van der Waals surface area contributed by atoms with Crippen LogP contribution < -0.4 is 5.32 Å². The van der Waals surface area contributed by atoms with E-state index in [1.54, 1.807) is 12.1 Å². The zero-order chi connectivity index (χ0) is 14.8. The van der Waals surface area contributed by atoms with Gasteiger partial charge in [-0.15, -0.1) is 0 Å². The fourth-order valence-corrected chi connectivity index (χ4v) is 4.08. The Morgan fingerprint density at radius 2 is 2.00 bits per heavy atom. The molecule has 0 saturated carbocycles. The first-order valence-corrected chi connectivity index (χ1v) is 8.47. The molecule has 1 N–H and O–H groups in total. The molecule has 2 unspecified atom stereocenters. The first-order valence-electron chi connectivity index (χ1n) is 8.09. The Morgan fingerprint density at radius 1 is 1.29 bits per heavy atom. The van der Waals surface area contributed by atoms with E-state index in [0.29, 0.717) is 29.7 Å². The first-order chi connectivity index (χ1) is 10.2. The lowest BCUT2D eigenvalue weighted by atomic mass is 9.97. The lowest BCUT2D eigenvalue weighted by Crippen LogP contribution is -2.48. The molecule has 0 aromatic heterocycles. The molecule has 0 aliphatic carbocycles. The molecule has 0 amide bonds. The van der Waals surface area contributed by atoms with Gasteiger partial charge in [0.15, 0.2) is 0 Å². The normalized spacial score (nSPS) is 28.3. The maximum absolute atomic E-state index is 14.0. The predicted octanol–water partition coefficient (Wildman–Crippen LogP) is 3.97. The minimum atomic E-state index is -0.141. The summed E-state index contributed by atoms with van der Waals surface area (Å²) in [7, 11) is 0. The zero-order valence-corrected chi connectivity index (χ0v) is 13.4. The summed E-state index contributed by atoms with van der Waals surface area (Å²) in [4.78, 5) is 2.46. The minimum Gasteiger partial charge on any atom is -0.311 e. The van der Waals surface area contributed by atoms with Crippen LogP contribution in [0.3, 0.4) is 0 Å². The number of hydrogen-bond acceptors (Lipinski definition) is 2. The summed E-state index contributed by atoms with van der Waals surface area (Å²) in [6, 6.07) is 6.77. The number of hydrogen-bond donors (Lipinski definition) is 1. The van der Waals surface area contributed by atoms with Crippen LogP contribution in [0.15, 0.2) is 18.2 Å². The summed E-state index contributed by atoms with van der Waals surface area (Å²) in [6.45, 7) is 3.89. The predicted molar refractivity (Wildman–Crippen MR) is 85.1 cm³/mol. The monoisotopic (exact) mass is 310 g/mol. The second kappa shape index (κ2) is 6.64. The Hall–Kier alpha value is -0.640. The van der Waals surface area contributed by atoms with Crippen LogP contribution in [0, 0.1) is 5.82 Å². The van der Waals surface area contributed by atoms with Gasteiger partial charge in [0.25, 0.3) is 0 Å². The SMILES string of the molecule is CCCN(Cc1cc(Cl)ccc1F)C1CC2CCC(C1)N2. The van der Waals surface area contributed by atoms with Crippen molar-refractivity contribution < 1.29 is 4.39 Å². The molecule has 0 spiro atoms. The van der Waals surface area contributed by atoms with Gasteiger partial charge in [0, 0.05) is 35.3 Å². The van der Waals surface area contributed by atoms with Crippen molar-refractivity contribution in [2.75, 3.05) is 6.54 Å². The van der Waals surface area contributed by atoms with Crippen LogP contribution in [0.4, 0.5) is 4.39 Å². The van der Waals surface area contributed by atoms with Gasteiger partial charge in [0.2, 0.25) is 0 Å². The largest absolute Gasteiger partial charge is 0.311 e. The van der Waals surface area contributed by atoms with Crippen molar-refractivity contribution >= 4 is 11.6 Å². The molecule has 1 aromatic carbocycles. The Kier molecular flexibility index (Phi) is 4.82. The van der Waals surface area contributed by atoms with Gasteiger partial charge in [0.05, 0.1) is 0 Å². The molecule has 2 atom stereocenters. The molecule has 3 rings (SSSR count). The topological polar surface area (TPSA) is 15.3 Å². The molecule has 0 radical (unpaired) electrons. The smallest absolute Gasteiger partial charge is 0.127 e. The van der Waals surface area contributed by atoms with E-state index in [2.05, 4.69) is 17.1 Å². The highest BCUT2D eigenvalue weighted by molar-refractivity contribution is 6.30. The van der Waals surface area contributed by atoms with Crippen LogP contribution in [-0.2, 0) is 6.54 Å². The molecule has 2 nitrogen and oxygen atoms in total. The Balaban J connectivity index is 1.73. The third-order valence-corrected chi connectivity index (χ3v) is 5.09. The summed E-state index contributed by atoms with van der Waals surface area (Å²) >= 11 is 6.02. The number of rotatable bonds is 5. The average molecular weight is 311 g/mol. The van der Waals surface area contributed by atoms with Gasteiger partial charge in [0.1, 0.15) is 5.82 Å². The number of nitrogens with zero attached hydrogens (tertiary/aromatic N) is 1. The van der Waals surface area contributed by atoms with Gasteiger partial charge < -0.3 is 5.32 Å². The third kappa shape index (κ3) is 3.58. The molecule has 2 bridgehead atoms. The van der Waals surface area contributed by atoms with Crippen LogP contribution in [0.1, 0.15) is 44.6 Å². The van der Waals surface area contributed by atoms with Crippen molar-refractivity contribution in [3.05, 3.63) is 34.6 Å². The van der Waals surface area contributed by atoms with E-state index in [0.717, 1.165) is 18.5 Å². The van der Waals surface area contributed by atoms with Crippen molar-refractivity contribution in [1.29, 1.82) is 0 Å². The molecule has 1 aromatic rings. The van der Waals surface area contributed by atoms with Crippen LogP contribution in [0.2, 0.25) is 5.02 Å². The lowest BCUT2D eigenvalue weighted by Gasteiger charge is -2.38. The van der Waals surface area contributed by atoms with Gasteiger partial charge >= 0.3 is 0 Å². The van der Waals surface area contributed by atoms with Gasteiger partial charge in [-0.1, -0.05) is 18.5 Å². The maximum atomic E-state index is 14.0. The highest BCUT2D eigenvalue weighted by atomic mass is 35.5. The van der Waals surface area contributed by atoms with E-state index in [1.165, 1.54) is 31.7 Å². The van der Waals surface area contributed by atoms with Gasteiger partial charge in [-0.25, -0.2) is 4.39 Å². The average Bonchev–Trinajstić information content (AvgIpc) is 2.81. The van der Waals surface area contributed by atoms with Crippen LogP contribution in [0.25, 0.3) is 0 Å². The first kappa shape index (κ1) is 15.3. The van der Waals surface area contributed by atoms with E-state index in [4.69, 9.17) is 11.6 Å². The van der Waals surface area contributed by atoms with Crippen molar-refractivity contribution in [2.24, 2.45) is 0 Å². The zero-order valence-electron chi connectivity index (χ0n) is 12.6. The summed E-state index contributed by atoms with van der Waals surface area (Å²) in [5, 5.41) is 4.30. The van der Waals surface area contributed by atoms with Crippen LogP contribution in [-0.4, -0.2) is 29.6 Å². The third-order valence-electron chi connectivity index (χ3n) is 4.86. The van der Waals surface area contributed by atoms with Gasteiger partial charge in [-0.2, -0.15) is 0 Å². The molecule has 2 saturated heterocycles. The van der Waals surface area contributed by atoms with E-state index in [-0.39, 0.29) is 5.82 Å². The summed E-state index contributed by atoms with van der Waals surface area (Å²) < 4.78 is 14.0. The Bertz CT molecular complexity index is 482. The van der Waals surface area contributed by atoms with E-state index in [1.807, 2.05) is 0 Å². The van der Waals surface area contributed by atoms with Crippen molar-refractivity contribution in [2.45, 2.75) is 63.7 Å². The molecule has 2 aliphatic heterocycles. The quantitative estimate of drug-likeness (QED) is 0.885. The number of piperidine rings is 1. The fourth-order valence-electron chi connectivity index (χ4n) is 3.89. The van der Waals surface area contributed by atoms with E-state index < -0.39 is 0 Å². The highest BCUT2D eigenvalue weighted by Gasteiger charge is 2.35. The second-order valence-electron chi connectivity index (χ2n) is 6.47. The van der Waals surface area contributed by atoms with Crippen molar-refractivity contribution in [3.63, 3.8) is 0 Å². The van der Waals surface area contributed by atoms with Crippen molar-refractivity contribution in [3.8, 4) is 0 Å². The number of fused-ring (bicyclic) bond motifs is 2. The van der Waals surface area contributed by atoms with Gasteiger partial charge in [-0.3, -0.25) is 4.90 Å². The molecular formula is C17H24ClFN2. The molecule has 4 heteroatoms. The standard InChI is InChI=1S/C17H24ClFN2/c1-2-7-21(11-12-8-13(18)3-6-17(12)19)16-9-14-4-5-15(10-16)20-14/h3,6,8,14-16,20H,2,4-5,7,9-11H2,1H3. The molecule has 2 heterocycles. The number of halogens is 2. The van der Waals surface area contributed by atoms with Crippen LogP contribution >= 0.6 is 11.6 Å². The number of benzene rings is 1. The van der Waals surface area contributed by atoms with Crippen molar-refractivity contribution in [1.82, 2.24) is 10.2 Å².